The summed E-state index contributed by atoms with van der Waals surface area (Å²) in [7, 11) is 1.86. The molecule has 4 nitrogen and oxygen atoms in total. The largest absolute Gasteiger partial charge is 0.342 e. The van der Waals surface area contributed by atoms with Crippen LogP contribution < -0.4 is 4.90 Å². The average molecular weight is 371 g/mol. The molecule has 0 atom stereocenters. The van der Waals surface area contributed by atoms with Crippen molar-refractivity contribution in [1.29, 1.82) is 0 Å². The van der Waals surface area contributed by atoms with E-state index in [1.807, 2.05) is 13.1 Å². The molecular formula is C24H25N3O. The lowest BCUT2D eigenvalue weighted by molar-refractivity contribution is 0.0794. The zero-order chi connectivity index (χ0) is 19.3. The summed E-state index contributed by atoms with van der Waals surface area (Å²) in [6.45, 7) is 1.58. The molecule has 0 saturated carbocycles. The second-order valence-corrected chi connectivity index (χ2v) is 7.23. The number of rotatable bonds is 5. The SMILES string of the molecule is CN(CCCN1c2ccccc2CCc2ccccc21)C(=O)c1cccnc1. The second-order valence-electron chi connectivity index (χ2n) is 7.23. The maximum atomic E-state index is 12.6. The number of fused-ring (bicyclic) bond motifs is 2. The number of anilines is 2. The molecule has 0 radical (unpaired) electrons. The Morgan fingerprint density at radius 1 is 0.964 bits per heavy atom. The van der Waals surface area contributed by atoms with Crippen molar-refractivity contribution in [2.24, 2.45) is 0 Å². The summed E-state index contributed by atoms with van der Waals surface area (Å²) < 4.78 is 0. The summed E-state index contributed by atoms with van der Waals surface area (Å²) >= 11 is 0. The monoisotopic (exact) mass is 371 g/mol. The smallest absolute Gasteiger partial charge is 0.255 e. The van der Waals surface area contributed by atoms with Gasteiger partial charge in [-0.1, -0.05) is 36.4 Å². The van der Waals surface area contributed by atoms with Gasteiger partial charge in [-0.3, -0.25) is 9.78 Å². The van der Waals surface area contributed by atoms with Crippen LogP contribution in [0, 0.1) is 0 Å². The molecule has 0 spiro atoms. The van der Waals surface area contributed by atoms with Crippen LogP contribution in [-0.2, 0) is 12.8 Å². The maximum Gasteiger partial charge on any atom is 0.255 e. The van der Waals surface area contributed by atoms with Gasteiger partial charge in [-0.05, 0) is 54.7 Å². The minimum atomic E-state index is 0.0183. The lowest BCUT2D eigenvalue weighted by atomic mass is 10.0. The summed E-state index contributed by atoms with van der Waals surface area (Å²) in [4.78, 5) is 20.8. The van der Waals surface area contributed by atoms with Gasteiger partial charge in [0.15, 0.2) is 0 Å². The van der Waals surface area contributed by atoms with Gasteiger partial charge in [0.2, 0.25) is 0 Å². The number of benzene rings is 2. The number of hydrogen-bond donors (Lipinski definition) is 0. The molecule has 1 aliphatic heterocycles. The molecule has 1 aromatic heterocycles. The lowest BCUT2D eigenvalue weighted by Crippen LogP contribution is -2.30. The Balaban J connectivity index is 1.49. The van der Waals surface area contributed by atoms with E-state index in [1.165, 1.54) is 22.5 Å². The highest BCUT2D eigenvalue weighted by Crippen LogP contribution is 2.35. The number of amides is 1. The van der Waals surface area contributed by atoms with Crippen molar-refractivity contribution in [1.82, 2.24) is 9.88 Å². The van der Waals surface area contributed by atoms with Crippen LogP contribution in [-0.4, -0.2) is 35.9 Å². The van der Waals surface area contributed by atoms with E-state index in [0.717, 1.165) is 25.8 Å². The Kier molecular flexibility index (Phi) is 5.38. The van der Waals surface area contributed by atoms with E-state index in [4.69, 9.17) is 0 Å². The van der Waals surface area contributed by atoms with Gasteiger partial charge < -0.3 is 9.80 Å². The van der Waals surface area contributed by atoms with Crippen molar-refractivity contribution in [2.75, 3.05) is 25.0 Å². The molecule has 2 aromatic carbocycles. The second kappa shape index (κ2) is 8.26. The summed E-state index contributed by atoms with van der Waals surface area (Å²) in [6, 6.07) is 20.9. The van der Waals surface area contributed by atoms with Crippen LogP contribution in [0.5, 0.6) is 0 Å². The Hall–Kier alpha value is -3.14. The van der Waals surface area contributed by atoms with E-state index in [0.29, 0.717) is 12.1 Å². The quantitative estimate of drug-likeness (QED) is 0.663. The fourth-order valence-electron chi connectivity index (χ4n) is 3.89. The van der Waals surface area contributed by atoms with Crippen LogP contribution in [0.15, 0.2) is 73.1 Å². The highest BCUT2D eigenvalue weighted by molar-refractivity contribution is 5.93. The number of para-hydroxylation sites is 2. The first kappa shape index (κ1) is 18.2. The number of aryl methyl sites for hydroxylation is 2. The number of pyridine rings is 1. The van der Waals surface area contributed by atoms with Crippen LogP contribution in [0.2, 0.25) is 0 Å². The van der Waals surface area contributed by atoms with Crippen molar-refractivity contribution >= 4 is 17.3 Å². The van der Waals surface area contributed by atoms with Gasteiger partial charge in [-0.2, -0.15) is 0 Å². The fourth-order valence-corrected chi connectivity index (χ4v) is 3.89. The third kappa shape index (κ3) is 3.77. The van der Waals surface area contributed by atoms with Crippen molar-refractivity contribution in [3.8, 4) is 0 Å². The van der Waals surface area contributed by atoms with Crippen LogP contribution in [0.1, 0.15) is 27.9 Å². The van der Waals surface area contributed by atoms with Crippen molar-refractivity contribution < 1.29 is 4.79 Å². The summed E-state index contributed by atoms with van der Waals surface area (Å²) in [5.74, 6) is 0.0183. The van der Waals surface area contributed by atoms with Crippen LogP contribution >= 0.6 is 0 Å². The first-order valence-electron chi connectivity index (χ1n) is 9.83. The van der Waals surface area contributed by atoms with E-state index < -0.39 is 0 Å². The number of carbonyl (C=O) groups is 1. The van der Waals surface area contributed by atoms with E-state index in [2.05, 4.69) is 58.4 Å². The van der Waals surface area contributed by atoms with Gasteiger partial charge in [0, 0.05) is 43.9 Å². The van der Waals surface area contributed by atoms with Gasteiger partial charge in [0.25, 0.3) is 5.91 Å². The Morgan fingerprint density at radius 3 is 2.21 bits per heavy atom. The molecule has 0 N–H and O–H groups in total. The van der Waals surface area contributed by atoms with E-state index in [-0.39, 0.29) is 5.91 Å². The molecule has 142 valence electrons. The molecular weight excluding hydrogens is 346 g/mol. The molecule has 0 fully saturated rings. The van der Waals surface area contributed by atoms with E-state index >= 15 is 0 Å². The number of hydrogen-bond acceptors (Lipinski definition) is 3. The zero-order valence-corrected chi connectivity index (χ0v) is 16.2. The van der Waals surface area contributed by atoms with Gasteiger partial charge in [0.1, 0.15) is 0 Å². The Labute approximate surface area is 166 Å². The summed E-state index contributed by atoms with van der Waals surface area (Å²) in [6.07, 6.45) is 6.32. The minimum Gasteiger partial charge on any atom is -0.342 e. The molecule has 4 rings (SSSR count). The molecule has 0 bridgehead atoms. The molecule has 0 unspecified atom stereocenters. The van der Waals surface area contributed by atoms with Gasteiger partial charge >= 0.3 is 0 Å². The lowest BCUT2D eigenvalue weighted by Gasteiger charge is -2.28. The number of nitrogens with zero attached hydrogens (tertiary/aromatic N) is 3. The Bertz CT molecular complexity index is 907. The first-order chi connectivity index (χ1) is 13.7. The molecule has 1 aliphatic rings. The predicted octanol–water partition coefficient (Wildman–Crippen LogP) is 4.48. The number of carbonyl (C=O) groups excluding carboxylic acids is 1. The Morgan fingerprint density at radius 2 is 1.61 bits per heavy atom. The molecule has 28 heavy (non-hydrogen) atoms. The van der Waals surface area contributed by atoms with E-state index in [9.17, 15) is 4.79 Å². The first-order valence-corrected chi connectivity index (χ1v) is 9.83. The van der Waals surface area contributed by atoms with E-state index in [1.54, 1.807) is 23.4 Å². The number of aromatic nitrogens is 1. The molecule has 0 aliphatic carbocycles. The topological polar surface area (TPSA) is 36.4 Å². The molecule has 1 amide bonds. The fraction of sp³-hybridized carbons (Fsp3) is 0.250. The van der Waals surface area contributed by atoms with Crippen molar-refractivity contribution in [3.63, 3.8) is 0 Å². The normalized spacial score (nSPS) is 12.7. The van der Waals surface area contributed by atoms with Crippen LogP contribution in [0.4, 0.5) is 11.4 Å². The highest BCUT2D eigenvalue weighted by Gasteiger charge is 2.20. The van der Waals surface area contributed by atoms with Crippen molar-refractivity contribution in [2.45, 2.75) is 19.3 Å². The van der Waals surface area contributed by atoms with Crippen LogP contribution in [0.25, 0.3) is 0 Å². The van der Waals surface area contributed by atoms with Crippen molar-refractivity contribution in [3.05, 3.63) is 89.7 Å². The molecule has 0 saturated heterocycles. The highest BCUT2D eigenvalue weighted by atomic mass is 16.2. The third-order valence-electron chi connectivity index (χ3n) is 5.36. The average Bonchev–Trinajstić information content (AvgIpc) is 2.91. The molecule has 4 heteroatoms. The third-order valence-corrected chi connectivity index (χ3v) is 5.36. The standard InChI is InChI=1S/C24H25N3O/c1-26(24(28)21-10-6-15-25-18-21)16-7-17-27-22-11-4-2-8-19(22)13-14-20-9-3-5-12-23(20)27/h2-6,8-12,15,18H,7,13-14,16-17H2,1H3. The summed E-state index contributed by atoms with van der Waals surface area (Å²) in [5.41, 5.74) is 5.98. The van der Waals surface area contributed by atoms with Crippen LogP contribution in [0.3, 0.4) is 0 Å². The van der Waals surface area contributed by atoms with Gasteiger partial charge in [-0.15, -0.1) is 0 Å². The minimum absolute atomic E-state index is 0.0183. The summed E-state index contributed by atoms with van der Waals surface area (Å²) in [5, 5.41) is 0. The molecule has 2 heterocycles. The molecule has 3 aromatic rings. The zero-order valence-electron chi connectivity index (χ0n) is 16.2. The van der Waals surface area contributed by atoms with Gasteiger partial charge in [-0.25, -0.2) is 0 Å². The van der Waals surface area contributed by atoms with Gasteiger partial charge in [0.05, 0.1) is 5.56 Å². The predicted molar refractivity (Wildman–Crippen MR) is 113 cm³/mol. The maximum absolute atomic E-state index is 12.6.